The minimum atomic E-state index is -0.717. The Balaban J connectivity index is 2.20. The van der Waals surface area contributed by atoms with Gasteiger partial charge in [0, 0.05) is 16.5 Å². The predicted molar refractivity (Wildman–Crippen MR) is 50.0 cm³/mol. The summed E-state index contributed by atoms with van der Waals surface area (Å²) in [6.45, 7) is 1.94. The molecule has 1 aliphatic carbocycles. The van der Waals surface area contributed by atoms with E-state index in [1.807, 2.05) is 12.3 Å². The molecule has 1 N–H and O–H groups in total. The number of aromatic nitrogens is 1. The molecule has 0 bridgehead atoms. The maximum atomic E-state index is 10.6. The van der Waals surface area contributed by atoms with Crippen LogP contribution < -0.4 is 0 Å². The topological polar surface area (TPSA) is 50.2 Å². The van der Waals surface area contributed by atoms with E-state index in [1.165, 1.54) is 0 Å². The second kappa shape index (κ2) is 2.80. The van der Waals surface area contributed by atoms with Gasteiger partial charge in [0.25, 0.3) is 0 Å². The van der Waals surface area contributed by atoms with E-state index in [1.54, 1.807) is 11.3 Å². The largest absolute Gasteiger partial charge is 0.481 e. The normalized spacial score (nSPS) is 18.5. The number of rotatable bonds is 3. The van der Waals surface area contributed by atoms with E-state index in [4.69, 9.17) is 5.11 Å². The number of aryl methyl sites for hydroxylation is 1. The standard InChI is InChI=1S/C9H11NO2S/c1-6-5-13-8(10-6)9(2-3-9)4-7(11)12/h5H,2-4H2,1H3,(H,11,12). The van der Waals surface area contributed by atoms with Crippen LogP contribution in [0.3, 0.4) is 0 Å². The third-order valence-corrected chi connectivity index (χ3v) is 3.62. The Labute approximate surface area is 80.4 Å². The lowest BCUT2D eigenvalue weighted by molar-refractivity contribution is -0.137. The minimum Gasteiger partial charge on any atom is -0.481 e. The first-order valence-electron chi connectivity index (χ1n) is 4.27. The summed E-state index contributed by atoms with van der Waals surface area (Å²) in [6, 6.07) is 0. The SMILES string of the molecule is Cc1csc(C2(CC(=O)O)CC2)n1. The highest BCUT2D eigenvalue weighted by molar-refractivity contribution is 7.09. The summed E-state index contributed by atoms with van der Waals surface area (Å²) >= 11 is 1.59. The Kier molecular flexibility index (Phi) is 1.87. The molecule has 1 aromatic heterocycles. The fourth-order valence-electron chi connectivity index (χ4n) is 1.50. The lowest BCUT2D eigenvalue weighted by atomic mass is 10.0. The van der Waals surface area contributed by atoms with Gasteiger partial charge in [0.15, 0.2) is 0 Å². The van der Waals surface area contributed by atoms with Crippen LogP contribution in [0.4, 0.5) is 0 Å². The maximum Gasteiger partial charge on any atom is 0.304 e. The summed E-state index contributed by atoms with van der Waals surface area (Å²) in [5.74, 6) is -0.717. The quantitative estimate of drug-likeness (QED) is 0.805. The highest BCUT2D eigenvalue weighted by Gasteiger charge is 2.48. The molecule has 1 saturated carbocycles. The van der Waals surface area contributed by atoms with Crippen molar-refractivity contribution >= 4 is 17.3 Å². The summed E-state index contributed by atoms with van der Waals surface area (Å²) in [5.41, 5.74) is 0.891. The molecule has 0 unspecified atom stereocenters. The van der Waals surface area contributed by atoms with E-state index >= 15 is 0 Å². The number of thiazole rings is 1. The van der Waals surface area contributed by atoms with Crippen molar-refractivity contribution in [1.82, 2.24) is 4.98 Å². The average Bonchev–Trinajstić information content (AvgIpc) is 2.65. The zero-order valence-corrected chi connectivity index (χ0v) is 8.23. The Morgan fingerprint density at radius 1 is 1.77 bits per heavy atom. The molecular weight excluding hydrogens is 186 g/mol. The molecule has 4 heteroatoms. The first-order chi connectivity index (χ1) is 6.12. The Morgan fingerprint density at radius 3 is 2.85 bits per heavy atom. The minimum absolute atomic E-state index is 0.106. The number of hydrogen-bond acceptors (Lipinski definition) is 3. The lowest BCUT2D eigenvalue weighted by Crippen LogP contribution is -2.12. The molecule has 13 heavy (non-hydrogen) atoms. The molecule has 0 saturated heterocycles. The van der Waals surface area contributed by atoms with Crippen LogP contribution in [0.2, 0.25) is 0 Å². The van der Waals surface area contributed by atoms with E-state index in [2.05, 4.69) is 4.98 Å². The van der Waals surface area contributed by atoms with Crippen molar-refractivity contribution in [2.24, 2.45) is 0 Å². The monoisotopic (exact) mass is 197 g/mol. The lowest BCUT2D eigenvalue weighted by Gasteiger charge is -2.07. The Morgan fingerprint density at radius 2 is 2.46 bits per heavy atom. The van der Waals surface area contributed by atoms with Crippen LogP contribution in [-0.2, 0) is 10.2 Å². The summed E-state index contributed by atoms with van der Waals surface area (Å²) in [4.78, 5) is 15.0. The third kappa shape index (κ3) is 1.58. The summed E-state index contributed by atoms with van der Waals surface area (Å²) in [7, 11) is 0. The summed E-state index contributed by atoms with van der Waals surface area (Å²) < 4.78 is 0. The van der Waals surface area contributed by atoms with Crippen LogP contribution in [0.1, 0.15) is 30.0 Å². The molecule has 2 rings (SSSR count). The van der Waals surface area contributed by atoms with E-state index in [0.717, 1.165) is 23.5 Å². The van der Waals surface area contributed by atoms with Gasteiger partial charge in [-0.05, 0) is 19.8 Å². The van der Waals surface area contributed by atoms with Gasteiger partial charge in [-0.15, -0.1) is 11.3 Å². The molecule has 1 aromatic rings. The fourth-order valence-corrected chi connectivity index (χ4v) is 2.56. The van der Waals surface area contributed by atoms with Crippen molar-refractivity contribution in [3.8, 4) is 0 Å². The molecule has 0 aromatic carbocycles. The van der Waals surface area contributed by atoms with E-state index in [-0.39, 0.29) is 11.8 Å². The molecule has 0 radical (unpaired) electrons. The number of carbonyl (C=O) groups is 1. The molecule has 0 atom stereocenters. The van der Waals surface area contributed by atoms with Crippen molar-refractivity contribution < 1.29 is 9.90 Å². The van der Waals surface area contributed by atoms with Gasteiger partial charge in [-0.2, -0.15) is 0 Å². The van der Waals surface area contributed by atoms with Crippen molar-refractivity contribution in [3.63, 3.8) is 0 Å². The van der Waals surface area contributed by atoms with Crippen molar-refractivity contribution in [3.05, 3.63) is 16.1 Å². The Bertz CT molecular complexity index is 341. The van der Waals surface area contributed by atoms with Gasteiger partial charge in [0.1, 0.15) is 0 Å². The predicted octanol–water partition coefficient (Wildman–Crippen LogP) is 1.96. The third-order valence-electron chi connectivity index (χ3n) is 2.42. The maximum absolute atomic E-state index is 10.6. The molecule has 0 spiro atoms. The van der Waals surface area contributed by atoms with Crippen LogP contribution in [0.15, 0.2) is 5.38 Å². The Hall–Kier alpha value is -0.900. The van der Waals surface area contributed by atoms with Crippen LogP contribution in [-0.4, -0.2) is 16.1 Å². The van der Waals surface area contributed by atoms with Gasteiger partial charge >= 0.3 is 5.97 Å². The molecule has 1 fully saturated rings. The molecule has 0 amide bonds. The van der Waals surface area contributed by atoms with Crippen LogP contribution >= 0.6 is 11.3 Å². The number of nitrogens with zero attached hydrogens (tertiary/aromatic N) is 1. The van der Waals surface area contributed by atoms with Gasteiger partial charge in [-0.25, -0.2) is 4.98 Å². The van der Waals surface area contributed by atoms with E-state index < -0.39 is 5.97 Å². The van der Waals surface area contributed by atoms with Crippen molar-refractivity contribution in [2.45, 2.75) is 31.6 Å². The molecule has 0 aliphatic heterocycles. The van der Waals surface area contributed by atoms with Crippen LogP contribution in [0, 0.1) is 6.92 Å². The number of carboxylic acids is 1. The van der Waals surface area contributed by atoms with Gasteiger partial charge < -0.3 is 5.11 Å². The molecule has 70 valence electrons. The summed E-state index contributed by atoms with van der Waals surface area (Å²) in [6.07, 6.45) is 2.19. The fraction of sp³-hybridized carbons (Fsp3) is 0.556. The number of carboxylic acid groups (broad SMARTS) is 1. The smallest absolute Gasteiger partial charge is 0.304 e. The average molecular weight is 197 g/mol. The van der Waals surface area contributed by atoms with Gasteiger partial charge in [-0.3, -0.25) is 4.79 Å². The van der Waals surface area contributed by atoms with E-state index in [9.17, 15) is 4.79 Å². The van der Waals surface area contributed by atoms with Gasteiger partial charge in [-0.1, -0.05) is 0 Å². The molecule has 3 nitrogen and oxygen atoms in total. The second-order valence-corrected chi connectivity index (χ2v) is 4.50. The zero-order chi connectivity index (χ0) is 9.47. The van der Waals surface area contributed by atoms with Crippen LogP contribution in [0.5, 0.6) is 0 Å². The number of hydrogen-bond donors (Lipinski definition) is 1. The number of aliphatic carboxylic acids is 1. The molecular formula is C9H11NO2S. The molecule has 1 heterocycles. The van der Waals surface area contributed by atoms with Crippen molar-refractivity contribution in [1.29, 1.82) is 0 Å². The van der Waals surface area contributed by atoms with Gasteiger partial charge in [0.05, 0.1) is 11.4 Å². The first-order valence-corrected chi connectivity index (χ1v) is 5.15. The molecule has 1 aliphatic rings. The highest BCUT2D eigenvalue weighted by atomic mass is 32.1. The van der Waals surface area contributed by atoms with Gasteiger partial charge in [0.2, 0.25) is 0 Å². The highest BCUT2D eigenvalue weighted by Crippen LogP contribution is 2.51. The first kappa shape index (κ1) is 8.69. The second-order valence-electron chi connectivity index (χ2n) is 3.64. The summed E-state index contributed by atoms with van der Waals surface area (Å²) in [5, 5.41) is 11.7. The van der Waals surface area contributed by atoms with Crippen molar-refractivity contribution in [2.75, 3.05) is 0 Å². The zero-order valence-electron chi connectivity index (χ0n) is 7.41. The van der Waals surface area contributed by atoms with Crippen LogP contribution in [0.25, 0.3) is 0 Å². The van der Waals surface area contributed by atoms with E-state index in [0.29, 0.717) is 0 Å².